The van der Waals surface area contributed by atoms with Crippen LogP contribution in [0.1, 0.15) is 17.0 Å². The minimum absolute atomic E-state index is 0.00940. The summed E-state index contributed by atoms with van der Waals surface area (Å²) in [5, 5.41) is 19.7. The Morgan fingerprint density at radius 2 is 1.76 bits per heavy atom. The summed E-state index contributed by atoms with van der Waals surface area (Å²) >= 11 is 0. The van der Waals surface area contributed by atoms with E-state index in [4.69, 9.17) is 9.47 Å². The summed E-state index contributed by atoms with van der Waals surface area (Å²) in [4.78, 5) is 11.5. The first-order valence-corrected chi connectivity index (χ1v) is 6.29. The van der Waals surface area contributed by atoms with Crippen molar-refractivity contribution in [3.8, 4) is 23.0 Å². The van der Waals surface area contributed by atoms with E-state index in [-0.39, 0.29) is 17.2 Å². The van der Waals surface area contributed by atoms with Gasteiger partial charge < -0.3 is 24.5 Å². The van der Waals surface area contributed by atoms with E-state index < -0.39 is 5.92 Å². The molecule has 110 valence electrons. The van der Waals surface area contributed by atoms with Gasteiger partial charge in [0.15, 0.2) is 11.5 Å². The highest BCUT2D eigenvalue weighted by molar-refractivity contribution is 5.71. The van der Waals surface area contributed by atoms with Gasteiger partial charge in [0.25, 0.3) is 0 Å². The quantitative estimate of drug-likeness (QED) is 0.826. The van der Waals surface area contributed by atoms with Crippen LogP contribution in [0.2, 0.25) is 0 Å². The van der Waals surface area contributed by atoms with Crippen molar-refractivity contribution in [2.45, 2.75) is 5.92 Å². The van der Waals surface area contributed by atoms with Crippen molar-refractivity contribution in [1.82, 2.24) is 0 Å². The van der Waals surface area contributed by atoms with Gasteiger partial charge in [-0.15, -0.1) is 0 Å². The van der Waals surface area contributed by atoms with E-state index in [2.05, 4.69) is 0 Å². The largest absolute Gasteiger partial charge is 0.507 e. The molecular formula is C16H16O5. The van der Waals surface area contributed by atoms with Gasteiger partial charge >= 0.3 is 0 Å². The second kappa shape index (κ2) is 6.17. The molecule has 0 saturated carbocycles. The lowest BCUT2D eigenvalue weighted by Gasteiger charge is -2.15. The third-order valence-corrected chi connectivity index (χ3v) is 3.27. The van der Waals surface area contributed by atoms with Crippen LogP contribution in [0.4, 0.5) is 0 Å². The molecule has 5 heteroatoms. The number of carbonyl (C=O) groups is 1. The van der Waals surface area contributed by atoms with Crippen molar-refractivity contribution < 1.29 is 24.5 Å². The summed E-state index contributed by atoms with van der Waals surface area (Å²) < 4.78 is 10.1. The first kappa shape index (κ1) is 14.7. The number of aromatic hydroxyl groups is 2. The number of carbonyl (C=O) groups excluding carboxylic acids is 1. The number of phenolic OH excluding ortho intramolecular Hbond substituents is 2. The standard InChI is InChI=1S/C16H16O5/c1-20-11-4-5-12(15(19)8-11)13(9-17)10-3-6-14(18)16(7-10)21-2/h3-9,13,18-19H,1-2H3/t13-/m0/s1. The molecule has 0 aliphatic carbocycles. The fourth-order valence-corrected chi connectivity index (χ4v) is 2.13. The van der Waals surface area contributed by atoms with Crippen LogP contribution in [0.3, 0.4) is 0 Å². The fraction of sp³-hybridized carbons (Fsp3) is 0.188. The molecule has 2 aromatic carbocycles. The fourth-order valence-electron chi connectivity index (χ4n) is 2.13. The molecule has 0 radical (unpaired) electrons. The summed E-state index contributed by atoms with van der Waals surface area (Å²) in [6.07, 6.45) is 0.730. The summed E-state index contributed by atoms with van der Waals surface area (Å²) in [7, 11) is 2.93. The molecular weight excluding hydrogens is 272 g/mol. The topological polar surface area (TPSA) is 76.0 Å². The molecule has 2 rings (SSSR count). The van der Waals surface area contributed by atoms with Crippen molar-refractivity contribution in [2.24, 2.45) is 0 Å². The van der Waals surface area contributed by atoms with Crippen molar-refractivity contribution in [2.75, 3.05) is 14.2 Å². The molecule has 2 N–H and O–H groups in total. The van der Waals surface area contributed by atoms with Crippen LogP contribution in [0, 0.1) is 0 Å². The molecule has 0 fully saturated rings. The summed E-state index contributed by atoms with van der Waals surface area (Å²) in [5.41, 5.74) is 1.07. The van der Waals surface area contributed by atoms with Gasteiger partial charge in [-0.3, -0.25) is 0 Å². The zero-order valence-electron chi connectivity index (χ0n) is 11.7. The minimum Gasteiger partial charge on any atom is -0.507 e. The van der Waals surface area contributed by atoms with Crippen molar-refractivity contribution in [3.05, 3.63) is 47.5 Å². The van der Waals surface area contributed by atoms with Gasteiger partial charge in [-0.1, -0.05) is 12.1 Å². The summed E-state index contributed by atoms with van der Waals surface area (Å²) in [6.45, 7) is 0. The van der Waals surface area contributed by atoms with Crippen LogP contribution < -0.4 is 9.47 Å². The van der Waals surface area contributed by atoms with Crippen LogP contribution in [-0.2, 0) is 4.79 Å². The van der Waals surface area contributed by atoms with Gasteiger partial charge in [0, 0.05) is 11.6 Å². The van der Waals surface area contributed by atoms with Gasteiger partial charge in [0.1, 0.15) is 17.8 Å². The van der Waals surface area contributed by atoms with Gasteiger partial charge in [-0.25, -0.2) is 0 Å². The van der Waals surface area contributed by atoms with E-state index in [0.717, 1.165) is 6.29 Å². The van der Waals surface area contributed by atoms with E-state index in [1.54, 1.807) is 24.3 Å². The molecule has 0 amide bonds. The average Bonchev–Trinajstić information content (AvgIpc) is 2.50. The maximum absolute atomic E-state index is 11.5. The van der Waals surface area contributed by atoms with Gasteiger partial charge in [0.2, 0.25) is 0 Å². The van der Waals surface area contributed by atoms with Gasteiger partial charge in [-0.2, -0.15) is 0 Å². The summed E-state index contributed by atoms with van der Waals surface area (Å²) in [6, 6.07) is 9.38. The first-order chi connectivity index (χ1) is 10.1. The average molecular weight is 288 g/mol. The molecule has 0 aliphatic heterocycles. The second-order valence-electron chi connectivity index (χ2n) is 4.47. The Labute approximate surface area is 122 Å². The highest BCUT2D eigenvalue weighted by Gasteiger charge is 2.19. The molecule has 0 unspecified atom stereocenters. The summed E-state index contributed by atoms with van der Waals surface area (Å²) in [5.74, 6) is 0.0743. The highest BCUT2D eigenvalue weighted by Crippen LogP contribution is 2.36. The minimum atomic E-state index is -0.662. The number of benzene rings is 2. The molecule has 1 atom stereocenters. The van der Waals surface area contributed by atoms with Crippen LogP contribution in [0.5, 0.6) is 23.0 Å². The molecule has 0 bridgehead atoms. The molecule has 0 heterocycles. The Bertz CT molecular complexity index is 651. The first-order valence-electron chi connectivity index (χ1n) is 6.29. The van der Waals surface area contributed by atoms with E-state index in [1.165, 1.54) is 26.4 Å². The van der Waals surface area contributed by atoms with Crippen LogP contribution in [0.15, 0.2) is 36.4 Å². The zero-order chi connectivity index (χ0) is 15.4. The molecule has 5 nitrogen and oxygen atoms in total. The Balaban J connectivity index is 2.46. The molecule has 0 aromatic heterocycles. The number of ether oxygens (including phenoxy) is 2. The molecule has 0 saturated heterocycles. The third-order valence-electron chi connectivity index (χ3n) is 3.27. The number of aldehydes is 1. The van der Waals surface area contributed by atoms with Crippen molar-refractivity contribution in [3.63, 3.8) is 0 Å². The number of rotatable bonds is 5. The lowest BCUT2D eigenvalue weighted by molar-refractivity contribution is -0.108. The van der Waals surface area contributed by atoms with Gasteiger partial charge in [0.05, 0.1) is 20.1 Å². The van der Waals surface area contributed by atoms with Crippen molar-refractivity contribution in [1.29, 1.82) is 0 Å². The molecule has 0 aliphatic rings. The molecule has 21 heavy (non-hydrogen) atoms. The van der Waals surface area contributed by atoms with Crippen LogP contribution in [0.25, 0.3) is 0 Å². The Morgan fingerprint density at radius 3 is 2.33 bits per heavy atom. The number of hydrogen-bond donors (Lipinski definition) is 2. The number of hydrogen-bond acceptors (Lipinski definition) is 5. The molecule has 2 aromatic rings. The SMILES string of the molecule is COc1ccc([C@@H](C=O)c2ccc(O)c(OC)c2)c(O)c1. The van der Waals surface area contributed by atoms with E-state index >= 15 is 0 Å². The van der Waals surface area contributed by atoms with Crippen molar-refractivity contribution >= 4 is 6.29 Å². The molecule has 0 spiro atoms. The predicted molar refractivity (Wildman–Crippen MR) is 77.2 cm³/mol. The lowest BCUT2D eigenvalue weighted by Crippen LogP contribution is -2.03. The normalized spacial score (nSPS) is 11.7. The highest BCUT2D eigenvalue weighted by atomic mass is 16.5. The van der Waals surface area contributed by atoms with Crippen LogP contribution >= 0.6 is 0 Å². The Hall–Kier alpha value is -2.69. The maximum Gasteiger partial charge on any atom is 0.160 e. The van der Waals surface area contributed by atoms with E-state index in [0.29, 0.717) is 16.9 Å². The Morgan fingerprint density at radius 1 is 1.00 bits per heavy atom. The monoisotopic (exact) mass is 288 g/mol. The second-order valence-corrected chi connectivity index (χ2v) is 4.47. The maximum atomic E-state index is 11.5. The van der Waals surface area contributed by atoms with E-state index in [9.17, 15) is 15.0 Å². The predicted octanol–water partition coefficient (Wildman–Crippen LogP) is 2.45. The number of methoxy groups -OCH3 is 2. The number of phenols is 2. The van der Waals surface area contributed by atoms with Gasteiger partial charge in [-0.05, 0) is 23.8 Å². The Kier molecular flexibility index (Phi) is 4.33. The zero-order valence-corrected chi connectivity index (χ0v) is 11.7. The van der Waals surface area contributed by atoms with E-state index in [1.807, 2.05) is 0 Å². The lowest BCUT2D eigenvalue weighted by atomic mass is 9.91. The smallest absolute Gasteiger partial charge is 0.160 e. The third kappa shape index (κ3) is 2.91. The van der Waals surface area contributed by atoms with Crippen LogP contribution in [-0.4, -0.2) is 30.7 Å².